The van der Waals surface area contributed by atoms with Gasteiger partial charge >= 0.3 is 5.97 Å². The van der Waals surface area contributed by atoms with Crippen LogP contribution in [0.1, 0.15) is 296 Å². The Morgan fingerprint density at radius 1 is 0.424 bits per heavy atom. The second-order valence-electron chi connectivity index (χ2n) is 19.6. The number of ether oxygens (including phenoxy) is 1. The zero-order valence-corrected chi connectivity index (χ0v) is 43.9. The fourth-order valence-corrected chi connectivity index (χ4v) is 8.60. The molecular weight excluding hydrogens is 815 g/mol. The Bertz CT molecular complexity index is 1110. The van der Waals surface area contributed by atoms with Crippen molar-refractivity contribution in [3.8, 4) is 0 Å². The van der Waals surface area contributed by atoms with E-state index in [0.717, 1.165) is 57.8 Å². The van der Waals surface area contributed by atoms with Crippen LogP contribution in [0.3, 0.4) is 0 Å². The third-order valence-electron chi connectivity index (χ3n) is 13.1. The molecule has 66 heavy (non-hydrogen) atoms. The smallest absolute Gasteiger partial charge is 0.305 e. The van der Waals surface area contributed by atoms with Crippen LogP contribution in [0.25, 0.3) is 0 Å². The summed E-state index contributed by atoms with van der Waals surface area (Å²) < 4.78 is 5.48. The van der Waals surface area contributed by atoms with Gasteiger partial charge in [0.15, 0.2) is 0 Å². The van der Waals surface area contributed by atoms with Gasteiger partial charge in [-0.3, -0.25) is 9.59 Å². The number of rotatable bonds is 53. The highest BCUT2D eigenvalue weighted by molar-refractivity contribution is 5.76. The van der Waals surface area contributed by atoms with Gasteiger partial charge in [0.2, 0.25) is 5.91 Å². The Morgan fingerprint density at radius 2 is 0.758 bits per heavy atom. The highest BCUT2D eigenvalue weighted by atomic mass is 16.5. The molecule has 386 valence electrons. The molecule has 0 heterocycles. The summed E-state index contributed by atoms with van der Waals surface area (Å²) in [6.45, 7) is 4.85. The zero-order valence-electron chi connectivity index (χ0n) is 43.9. The van der Waals surface area contributed by atoms with Crippen LogP contribution in [0.4, 0.5) is 0 Å². The van der Waals surface area contributed by atoms with Gasteiger partial charge in [-0.1, -0.05) is 242 Å². The van der Waals surface area contributed by atoms with E-state index in [2.05, 4.69) is 55.6 Å². The Balaban J connectivity index is 3.44. The van der Waals surface area contributed by atoms with E-state index >= 15 is 0 Å². The van der Waals surface area contributed by atoms with Crippen molar-refractivity contribution in [1.29, 1.82) is 0 Å². The van der Waals surface area contributed by atoms with Crippen LogP contribution < -0.4 is 5.32 Å². The van der Waals surface area contributed by atoms with Crippen LogP contribution in [-0.4, -0.2) is 47.4 Å². The molecule has 0 aliphatic carbocycles. The number of nitrogens with one attached hydrogen (secondary N) is 1. The minimum absolute atomic E-state index is 0.00126. The Labute approximate surface area is 410 Å². The summed E-state index contributed by atoms with van der Waals surface area (Å²) in [5, 5.41) is 23.0. The standard InChI is InChI=1S/C60H111NO5/c1-3-5-7-9-11-13-15-16-17-18-20-24-27-30-34-38-42-46-50-54-60(65)66-55-51-47-43-39-35-31-28-25-22-19-21-23-26-29-33-37-41-45-49-53-59(64)61-57(56-62)58(63)52-48-44-40-36-32-14-12-10-8-6-4-2/h11,13,16-17,19,21,48,52,57-58,62-63H,3-10,12,14-15,18,20,22-47,49-51,53-56H2,1-2H3,(H,61,64)/b13-11-,17-16-,21-19-,52-48+. The predicted molar refractivity (Wildman–Crippen MR) is 287 cm³/mol. The molecule has 6 heteroatoms. The second-order valence-corrected chi connectivity index (χ2v) is 19.6. The molecule has 0 bridgehead atoms. The van der Waals surface area contributed by atoms with Gasteiger partial charge in [-0.25, -0.2) is 0 Å². The normalized spacial score (nSPS) is 13.0. The van der Waals surface area contributed by atoms with Crippen molar-refractivity contribution in [3.63, 3.8) is 0 Å². The number of carbonyl (C=O) groups excluding carboxylic acids is 2. The number of allylic oxidation sites excluding steroid dienone is 7. The van der Waals surface area contributed by atoms with E-state index in [9.17, 15) is 19.8 Å². The quantitative estimate of drug-likeness (QED) is 0.0321. The van der Waals surface area contributed by atoms with Crippen molar-refractivity contribution in [1.82, 2.24) is 5.32 Å². The van der Waals surface area contributed by atoms with Crippen molar-refractivity contribution < 1.29 is 24.5 Å². The van der Waals surface area contributed by atoms with Gasteiger partial charge in [-0.2, -0.15) is 0 Å². The summed E-state index contributed by atoms with van der Waals surface area (Å²) in [5.41, 5.74) is 0. The van der Waals surface area contributed by atoms with Crippen molar-refractivity contribution in [2.45, 2.75) is 309 Å². The fraction of sp³-hybridized carbons (Fsp3) is 0.833. The zero-order chi connectivity index (χ0) is 47.9. The molecular formula is C60H111NO5. The van der Waals surface area contributed by atoms with Crippen LogP contribution in [0.15, 0.2) is 48.6 Å². The first-order valence-corrected chi connectivity index (χ1v) is 28.9. The molecule has 0 radical (unpaired) electrons. The number of aliphatic hydroxyl groups is 2. The molecule has 0 aromatic carbocycles. The highest BCUT2D eigenvalue weighted by Gasteiger charge is 2.18. The first kappa shape index (κ1) is 63.8. The number of hydrogen-bond acceptors (Lipinski definition) is 5. The number of carbonyl (C=O) groups is 2. The summed E-state index contributed by atoms with van der Waals surface area (Å²) in [5.74, 6) is -0.0809. The molecule has 0 rings (SSSR count). The summed E-state index contributed by atoms with van der Waals surface area (Å²) >= 11 is 0. The van der Waals surface area contributed by atoms with Crippen LogP contribution in [0.2, 0.25) is 0 Å². The van der Waals surface area contributed by atoms with Crippen LogP contribution >= 0.6 is 0 Å². The molecule has 1 amide bonds. The summed E-state index contributed by atoms with van der Waals surface area (Å²) in [7, 11) is 0. The number of amides is 1. The lowest BCUT2D eigenvalue weighted by Gasteiger charge is -2.20. The van der Waals surface area contributed by atoms with Gasteiger partial charge in [-0.15, -0.1) is 0 Å². The van der Waals surface area contributed by atoms with E-state index in [4.69, 9.17) is 4.74 Å². The lowest BCUT2D eigenvalue weighted by atomic mass is 10.1. The maximum Gasteiger partial charge on any atom is 0.305 e. The summed E-state index contributed by atoms with van der Waals surface area (Å²) in [4.78, 5) is 24.5. The molecule has 0 spiro atoms. The van der Waals surface area contributed by atoms with E-state index < -0.39 is 12.1 Å². The summed E-state index contributed by atoms with van der Waals surface area (Å²) in [6, 6.07) is -0.634. The van der Waals surface area contributed by atoms with Gasteiger partial charge in [-0.05, 0) is 89.9 Å². The molecule has 0 fully saturated rings. The van der Waals surface area contributed by atoms with Crippen molar-refractivity contribution in [3.05, 3.63) is 48.6 Å². The first-order valence-electron chi connectivity index (χ1n) is 28.9. The Morgan fingerprint density at radius 3 is 1.20 bits per heavy atom. The van der Waals surface area contributed by atoms with E-state index in [-0.39, 0.29) is 18.5 Å². The highest BCUT2D eigenvalue weighted by Crippen LogP contribution is 2.15. The third-order valence-corrected chi connectivity index (χ3v) is 13.1. The average molecular weight is 927 g/mol. The Hall–Kier alpha value is -2.18. The van der Waals surface area contributed by atoms with Gasteiger partial charge in [0.1, 0.15) is 0 Å². The maximum atomic E-state index is 12.4. The van der Waals surface area contributed by atoms with E-state index in [1.54, 1.807) is 6.08 Å². The van der Waals surface area contributed by atoms with E-state index in [1.165, 1.54) is 212 Å². The monoisotopic (exact) mass is 926 g/mol. The number of aliphatic hydroxyl groups excluding tert-OH is 2. The molecule has 0 aliphatic rings. The van der Waals surface area contributed by atoms with Gasteiger partial charge in [0.05, 0.1) is 25.4 Å². The minimum atomic E-state index is -0.850. The third kappa shape index (κ3) is 51.2. The Kier molecular flexibility index (Phi) is 53.6. The molecule has 3 N–H and O–H groups in total. The number of hydrogen-bond donors (Lipinski definition) is 3. The largest absolute Gasteiger partial charge is 0.466 e. The average Bonchev–Trinajstić information content (AvgIpc) is 3.32. The number of unbranched alkanes of at least 4 members (excludes halogenated alkanes) is 36. The lowest BCUT2D eigenvalue weighted by Crippen LogP contribution is -2.45. The van der Waals surface area contributed by atoms with E-state index in [0.29, 0.717) is 19.4 Å². The molecule has 0 aromatic rings. The molecule has 0 aromatic heterocycles. The van der Waals surface area contributed by atoms with E-state index in [1.807, 2.05) is 6.08 Å². The van der Waals surface area contributed by atoms with Gasteiger partial charge in [0.25, 0.3) is 0 Å². The molecule has 2 atom stereocenters. The van der Waals surface area contributed by atoms with Crippen molar-refractivity contribution in [2.24, 2.45) is 0 Å². The van der Waals surface area contributed by atoms with Crippen LogP contribution in [-0.2, 0) is 14.3 Å². The molecule has 0 aliphatic heterocycles. The van der Waals surface area contributed by atoms with Crippen molar-refractivity contribution >= 4 is 11.9 Å². The van der Waals surface area contributed by atoms with Crippen LogP contribution in [0, 0.1) is 0 Å². The first-order chi connectivity index (χ1) is 32.5. The predicted octanol–water partition coefficient (Wildman–Crippen LogP) is 17.8. The molecule has 0 saturated heterocycles. The molecule has 6 nitrogen and oxygen atoms in total. The number of esters is 1. The molecule has 0 saturated carbocycles. The topological polar surface area (TPSA) is 95.9 Å². The summed E-state index contributed by atoms with van der Waals surface area (Å²) in [6.07, 6.45) is 69.9. The fourth-order valence-electron chi connectivity index (χ4n) is 8.60. The lowest BCUT2D eigenvalue weighted by molar-refractivity contribution is -0.143. The van der Waals surface area contributed by atoms with Crippen molar-refractivity contribution in [2.75, 3.05) is 13.2 Å². The maximum absolute atomic E-state index is 12.4. The van der Waals surface area contributed by atoms with Crippen LogP contribution in [0.5, 0.6) is 0 Å². The van der Waals surface area contributed by atoms with Gasteiger partial charge < -0.3 is 20.3 Å². The minimum Gasteiger partial charge on any atom is -0.466 e. The van der Waals surface area contributed by atoms with Gasteiger partial charge in [0, 0.05) is 12.8 Å². The molecule has 2 unspecified atom stereocenters. The second kappa shape index (κ2) is 55.4. The SMILES string of the molecule is CCCCC/C=C\C/C=C\CCCCCCCCCCCC(=O)OCCCCCCCCCC/C=C\CCCCCCCCCC(=O)NC(CO)C(O)/C=C/CCCCCCCCCCC.